The molecule has 4 heteroatoms. The second-order valence-electron chi connectivity index (χ2n) is 3.14. The summed E-state index contributed by atoms with van der Waals surface area (Å²) < 4.78 is 0. The Labute approximate surface area is 78.8 Å². The first kappa shape index (κ1) is 10.2. The van der Waals surface area contributed by atoms with Gasteiger partial charge in [0.2, 0.25) is 5.91 Å². The molecule has 1 atom stereocenters. The molecule has 0 saturated carbocycles. The Morgan fingerprint density at radius 3 is 3.08 bits per heavy atom. The molecule has 1 heterocycles. The zero-order chi connectivity index (χ0) is 9.52. The normalized spacial score (nSPS) is 22.3. The molecule has 1 aliphatic heterocycles. The van der Waals surface area contributed by atoms with Crippen LogP contribution in [0, 0.1) is 0 Å². The molecule has 0 aromatic rings. The molecule has 0 radical (unpaired) electrons. The first-order chi connectivity index (χ1) is 6.33. The van der Waals surface area contributed by atoms with Crippen molar-refractivity contribution < 1.29 is 4.79 Å². The number of piperazine rings is 1. The van der Waals surface area contributed by atoms with E-state index in [-0.39, 0.29) is 5.91 Å². The summed E-state index contributed by atoms with van der Waals surface area (Å²) >= 11 is 0. The van der Waals surface area contributed by atoms with Crippen molar-refractivity contribution in [3.05, 3.63) is 12.7 Å². The highest BCUT2D eigenvalue weighted by Crippen LogP contribution is 1.92. The van der Waals surface area contributed by atoms with Crippen LogP contribution in [0.5, 0.6) is 0 Å². The predicted octanol–water partition coefficient (Wildman–Crippen LogP) is -0.760. The highest BCUT2D eigenvalue weighted by Gasteiger charge is 2.10. The summed E-state index contributed by atoms with van der Waals surface area (Å²) in [5.41, 5.74) is 0. The molecule has 3 N–H and O–H groups in total. The van der Waals surface area contributed by atoms with E-state index in [1.807, 2.05) is 0 Å². The summed E-state index contributed by atoms with van der Waals surface area (Å²) in [6.07, 6.45) is 2.26. The van der Waals surface area contributed by atoms with E-state index in [1.54, 1.807) is 0 Å². The van der Waals surface area contributed by atoms with Crippen molar-refractivity contribution in [3.8, 4) is 0 Å². The first-order valence-electron chi connectivity index (χ1n) is 4.67. The Hall–Kier alpha value is -0.870. The molecule has 1 fully saturated rings. The maximum absolute atomic E-state index is 10.8. The molecular formula is C9H17N3O. The lowest BCUT2D eigenvalue weighted by molar-refractivity contribution is -0.116. The minimum atomic E-state index is -0.0937. The van der Waals surface area contributed by atoms with Crippen LogP contribution < -0.4 is 16.0 Å². The number of hydrogen-bond donors (Lipinski definition) is 3. The number of nitrogens with one attached hydrogen (secondary N) is 3. The van der Waals surface area contributed by atoms with E-state index >= 15 is 0 Å². The summed E-state index contributed by atoms with van der Waals surface area (Å²) in [5, 5.41) is 9.42. The van der Waals surface area contributed by atoms with Crippen LogP contribution in [0.2, 0.25) is 0 Å². The van der Waals surface area contributed by atoms with Crippen molar-refractivity contribution in [1.82, 2.24) is 16.0 Å². The second-order valence-corrected chi connectivity index (χ2v) is 3.14. The topological polar surface area (TPSA) is 53.2 Å². The lowest BCUT2D eigenvalue weighted by Gasteiger charge is -2.24. The molecule has 0 aromatic carbocycles. The fourth-order valence-electron chi connectivity index (χ4n) is 1.36. The van der Waals surface area contributed by atoms with Gasteiger partial charge in [0.05, 0.1) is 0 Å². The average Bonchev–Trinajstić information content (AvgIpc) is 2.19. The van der Waals surface area contributed by atoms with Gasteiger partial charge in [-0.3, -0.25) is 4.79 Å². The summed E-state index contributed by atoms with van der Waals surface area (Å²) in [5.74, 6) is -0.0937. The third-order valence-electron chi connectivity index (χ3n) is 2.10. The Bertz CT molecular complexity index is 176. The number of rotatable bonds is 4. The zero-order valence-corrected chi connectivity index (χ0v) is 7.81. The summed E-state index contributed by atoms with van der Waals surface area (Å²) in [7, 11) is 0. The van der Waals surface area contributed by atoms with Crippen molar-refractivity contribution in [3.63, 3.8) is 0 Å². The van der Waals surface area contributed by atoms with Crippen LogP contribution in [0.25, 0.3) is 0 Å². The van der Waals surface area contributed by atoms with Gasteiger partial charge in [-0.1, -0.05) is 6.58 Å². The van der Waals surface area contributed by atoms with E-state index in [2.05, 4.69) is 22.5 Å². The van der Waals surface area contributed by atoms with Crippen LogP contribution in [0.4, 0.5) is 0 Å². The standard InChI is InChI=1S/C9H17N3O/c1-2-9(13)12-4-3-8-7-10-5-6-11-8/h2,8,10-11H,1,3-7H2,(H,12,13). The van der Waals surface area contributed by atoms with Gasteiger partial charge in [0.1, 0.15) is 0 Å². The Kier molecular flexibility index (Phi) is 4.49. The van der Waals surface area contributed by atoms with Crippen molar-refractivity contribution in [2.45, 2.75) is 12.5 Å². The van der Waals surface area contributed by atoms with Gasteiger partial charge in [0.15, 0.2) is 0 Å². The third-order valence-corrected chi connectivity index (χ3v) is 2.10. The third kappa shape index (κ3) is 4.05. The van der Waals surface area contributed by atoms with Crippen LogP contribution in [0.1, 0.15) is 6.42 Å². The van der Waals surface area contributed by atoms with Crippen molar-refractivity contribution >= 4 is 5.91 Å². The van der Waals surface area contributed by atoms with E-state index in [0.717, 1.165) is 26.1 Å². The van der Waals surface area contributed by atoms with Crippen LogP contribution in [0.15, 0.2) is 12.7 Å². The largest absolute Gasteiger partial charge is 0.353 e. The molecular weight excluding hydrogens is 166 g/mol. The fourth-order valence-corrected chi connectivity index (χ4v) is 1.36. The van der Waals surface area contributed by atoms with Crippen LogP contribution in [0.3, 0.4) is 0 Å². The highest BCUT2D eigenvalue weighted by atomic mass is 16.1. The summed E-state index contributed by atoms with van der Waals surface area (Å²) in [4.78, 5) is 10.8. The van der Waals surface area contributed by atoms with Crippen LogP contribution in [-0.4, -0.2) is 38.1 Å². The number of hydrogen-bond acceptors (Lipinski definition) is 3. The van der Waals surface area contributed by atoms with Gasteiger partial charge in [-0.15, -0.1) is 0 Å². The quantitative estimate of drug-likeness (QED) is 0.502. The average molecular weight is 183 g/mol. The molecule has 1 saturated heterocycles. The Morgan fingerprint density at radius 2 is 2.46 bits per heavy atom. The molecule has 0 aliphatic carbocycles. The molecule has 13 heavy (non-hydrogen) atoms. The molecule has 1 amide bonds. The minimum absolute atomic E-state index is 0.0937. The summed E-state index contributed by atoms with van der Waals surface area (Å²) in [6.45, 7) is 7.14. The second kappa shape index (κ2) is 5.72. The Morgan fingerprint density at radius 1 is 1.62 bits per heavy atom. The SMILES string of the molecule is C=CC(=O)NCCC1CNCCN1. The fraction of sp³-hybridized carbons (Fsp3) is 0.667. The molecule has 1 unspecified atom stereocenters. The van der Waals surface area contributed by atoms with Crippen molar-refractivity contribution in [2.75, 3.05) is 26.2 Å². The van der Waals surface area contributed by atoms with Gasteiger partial charge in [-0.05, 0) is 12.5 Å². The lowest BCUT2D eigenvalue weighted by Crippen LogP contribution is -2.49. The summed E-state index contributed by atoms with van der Waals surface area (Å²) in [6, 6.07) is 0.485. The van der Waals surface area contributed by atoms with Crippen molar-refractivity contribution in [2.24, 2.45) is 0 Å². The van der Waals surface area contributed by atoms with Gasteiger partial charge in [-0.25, -0.2) is 0 Å². The molecule has 0 bridgehead atoms. The monoisotopic (exact) mass is 183 g/mol. The first-order valence-corrected chi connectivity index (χ1v) is 4.67. The van der Waals surface area contributed by atoms with Gasteiger partial charge in [0.25, 0.3) is 0 Å². The van der Waals surface area contributed by atoms with Crippen molar-refractivity contribution in [1.29, 1.82) is 0 Å². The number of amides is 1. The van der Waals surface area contributed by atoms with E-state index in [4.69, 9.17) is 0 Å². The van der Waals surface area contributed by atoms with Gasteiger partial charge in [-0.2, -0.15) is 0 Å². The van der Waals surface area contributed by atoms with Gasteiger partial charge >= 0.3 is 0 Å². The Balaban J connectivity index is 2.04. The molecule has 74 valence electrons. The predicted molar refractivity (Wildman–Crippen MR) is 52.5 cm³/mol. The molecule has 1 rings (SSSR count). The van der Waals surface area contributed by atoms with Gasteiger partial charge in [0, 0.05) is 32.2 Å². The van der Waals surface area contributed by atoms with Gasteiger partial charge < -0.3 is 16.0 Å². The maximum Gasteiger partial charge on any atom is 0.243 e. The number of carbonyl (C=O) groups excluding carboxylic acids is 1. The molecule has 4 nitrogen and oxygen atoms in total. The van der Waals surface area contributed by atoms with E-state index in [9.17, 15) is 4.79 Å². The highest BCUT2D eigenvalue weighted by molar-refractivity contribution is 5.86. The zero-order valence-electron chi connectivity index (χ0n) is 7.81. The maximum atomic E-state index is 10.8. The molecule has 0 spiro atoms. The van der Waals surface area contributed by atoms with E-state index < -0.39 is 0 Å². The smallest absolute Gasteiger partial charge is 0.243 e. The number of carbonyl (C=O) groups is 1. The lowest BCUT2D eigenvalue weighted by atomic mass is 10.1. The molecule has 0 aromatic heterocycles. The molecule has 1 aliphatic rings. The van der Waals surface area contributed by atoms with E-state index in [1.165, 1.54) is 6.08 Å². The van der Waals surface area contributed by atoms with Crippen LogP contribution in [-0.2, 0) is 4.79 Å². The minimum Gasteiger partial charge on any atom is -0.353 e. The van der Waals surface area contributed by atoms with E-state index in [0.29, 0.717) is 12.6 Å². The van der Waals surface area contributed by atoms with Crippen LogP contribution >= 0.6 is 0 Å².